The highest BCUT2D eigenvalue weighted by Gasteiger charge is 2.30. The Morgan fingerprint density at radius 2 is 2.04 bits per heavy atom. The topological polar surface area (TPSA) is 84.8 Å². The Balaban J connectivity index is 1.99. The molecular weight excluding hydrogens is 377 g/mol. The number of hydrogen-bond acceptors (Lipinski definition) is 6. The van der Waals surface area contributed by atoms with Crippen LogP contribution in [-0.4, -0.2) is 37.4 Å². The summed E-state index contributed by atoms with van der Waals surface area (Å²) >= 11 is 0. The van der Waals surface area contributed by atoms with Crippen molar-refractivity contribution < 1.29 is 27.4 Å². The number of amides is 1. The summed E-state index contributed by atoms with van der Waals surface area (Å²) in [7, 11) is 1.46. The lowest BCUT2D eigenvalue weighted by molar-refractivity contribution is -0.137. The number of aromatic nitrogens is 1. The van der Waals surface area contributed by atoms with Crippen molar-refractivity contribution in [2.45, 2.75) is 13.1 Å². The summed E-state index contributed by atoms with van der Waals surface area (Å²) < 4.78 is 48.1. The molecule has 0 unspecified atom stereocenters. The summed E-state index contributed by atoms with van der Waals surface area (Å²) in [4.78, 5) is 15.1. The molecule has 2 rings (SSSR count). The van der Waals surface area contributed by atoms with Gasteiger partial charge in [0, 0.05) is 12.7 Å². The van der Waals surface area contributed by atoms with Gasteiger partial charge in [-0.1, -0.05) is 0 Å². The molecule has 0 aliphatic carbocycles. The Morgan fingerprint density at radius 3 is 2.64 bits per heavy atom. The summed E-state index contributed by atoms with van der Waals surface area (Å²) in [6, 6.07) is 7.03. The Hall–Kier alpha value is -3.30. The van der Waals surface area contributed by atoms with Gasteiger partial charge in [0.1, 0.15) is 5.82 Å². The van der Waals surface area contributed by atoms with Gasteiger partial charge in [-0.3, -0.25) is 10.2 Å². The van der Waals surface area contributed by atoms with E-state index >= 15 is 0 Å². The van der Waals surface area contributed by atoms with Gasteiger partial charge < -0.3 is 14.8 Å². The maximum absolute atomic E-state index is 12.5. The zero-order valence-corrected chi connectivity index (χ0v) is 15.2. The van der Waals surface area contributed by atoms with Gasteiger partial charge in [0.25, 0.3) is 5.91 Å². The number of halogens is 3. The Morgan fingerprint density at radius 1 is 1.25 bits per heavy atom. The third-order valence-corrected chi connectivity index (χ3v) is 3.40. The first kappa shape index (κ1) is 21.0. The zero-order chi connectivity index (χ0) is 20.6. The summed E-state index contributed by atoms with van der Waals surface area (Å²) in [6.45, 7) is 2.18. The number of benzene rings is 1. The van der Waals surface area contributed by atoms with Crippen molar-refractivity contribution in [3.8, 4) is 11.5 Å². The van der Waals surface area contributed by atoms with Gasteiger partial charge in [-0.2, -0.15) is 18.3 Å². The minimum Gasteiger partial charge on any atom is -0.493 e. The molecule has 1 aromatic heterocycles. The molecule has 1 amide bonds. The van der Waals surface area contributed by atoms with Crippen molar-refractivity contribution in [2.75, 3.05) is 25.7 Å². The van der Waals surface area contributed by atoms with E-state index in [1.165, 1.54) is 19.4 Å². The maximum Gasteiger partial charge on any atom is 0.417 e. The number of nitrogens with zero attached hydrogens (tertiary/aromatic N) is 2. The van der Waals surface area contributed by atoms with Crippen molar-refractivity contribution >= 4 is 17.9 Å². The highest BCUT2D eigenvalue weighted by atomic mass is 19.4. The highest BCUT2D eigenvalue weighted by Crippen LogP contribution is 2.29. The fraction of sp³-hybridized carbons (Fsp3) is 0.278. The normalized spacial score (nSPS) is 11.3. The molecule has 1 aromatic carbocycles. The number of anilines is 1. The molecule has 0 fully saturated rings. The zero-order valence-electron chi connectivity index (χ0n) is 15.2. The van der Waals surface area contributed by atoms with Crippen LogP contribution in [-0.2, 0) is 11.0 Å². The van der Waals surface area contributed by atoms with E-state index in [1.54, 1.807) is 25.1 Å². The van der Waals surface area contributed by atoms with Crippen LogP contribution in [0.5, 0.6) is 11.5 Å². The Bertz CT molecular complexity index is 824. The van der Waals surface area contributed by atoms with Gasteiger partial charge in [-0.05, 0) is 42.8 Å². The minimum absolute atomic E-state index is 0.140. The van der Waals surface area contributed by atoms with Crippen LogP contribution in [0.15, 0.2) is 41.6 Å². The number of ether oxygens (including phenoxy) is 2. The van der Waals surface area contributed by atoms with Crippen LogP contribution in [0.2, 0.25) is 0 Å². The summed E-state index contributed by atoms with van der Waals surface area (Å²) in [5.41, 5.74) is 2.35. The summed E-state index contributed by atoms with van der Waals surface area (Å²) in [5, 5.41) is 6.55. The molecule has 2 N–H and O–H groups in total. The number of hydrazone groups is 1. The lowest BCUT2D eigenvalue weighted by Gasteiger charge is -2.11. The average molecular weight is 396 g/mol. The van der Waals surface area contributed by atoms with Crippen molar-refractivity contribution in [1.82, 2.24) is 10.3 Å². The molecule has 0 aliphatic rings. The molecule has 0 bridgehead atoms. The smallest absolute Gasteiger partial charge is 0.417 e. The highest BCUT2D eigenvalue weighted by molar-refractivity contribution is 5.81. The molecule has 10 heteroatoms. The van der Waals surface area contributed by atoms with E-state index in [1.807, 2.05) is 0 Å². The third kappa shape index (κ3) is 6.15. The van der Waals surface area contributed by atoms with Crippen LogP contribution in [0.1, 0.15) is 18.1 Å². The number of carbonyl (C=O) groups excluding carboxylic acids is 1. The first-order chi connectivity index (χ1) is 13.3. The number of pyridine rings is 1. The fourth-order valence-electron chi connectivity index (χ4n) is 2.08. The molecule has 28 heavy (non-hydrogen) atoms. The standard InChI is InChI=1S/C18H19F3N4O3/c1-3-22-17(26)11-28-14-6-4-12(8-15(14)27-2)9-24-25-16-7-5-13(10-23-16)18(19,20)21/h4-10H,3,11H2,1-2H3,(H,22,26)(H,23,25)/b24-9+. The van der Waals surface area contributed by atoms with E-state index in [0.717, 1.165) is 12.3 Å². The number of nitrogens with one attached hydrogen (secondary N) is 2. The van der Waals surface area contributed by atoms with E-state index in [9.17, 15) is 18.0 Å². The summed E-state index contributed by atoms with van der Waals surface area (Å²) in [5.74, 6) is 0.714. The van der Waals surface area contributed by atoms with E-state index in [4.69, 9.17) is 9.47 Å². The molecule has 7 nitrogen and oxygen atoms in total. The second-order valence-electron chi connectivity index (χ2n) is 5.45. The monoisotopic (exact) mass is 396 g/mol. The SMILES string of the molecule is CCNC(=O)COc1ccc(/C=N/Nc2ccc(C(F)(F)F)cn2)cc1OC. The van der Waals surface area contributed by atoms with E-state index in [-0.39, 0.29) is 18.3 Å². The lowest BCUT2D eigenvalue weighted by atomic mass is 10.2. The number of rotatable bonds is 8. The number of carbonyl (C=O) groups is 1. The van der Waals surface area contributed by atoms with Crippen LogP contribution in [0.4, 0.5) is 19.0 Å². The van der Waals surface area contributed by atoms with Crippen LogP contribution < -0.4 is 20.2 Å². The van der Waals surface area contributed by atoms with E-state index < -0.39 is 11.7 Å². The van der Waals surface area contributed by atoms with Gasteiger partial charge in [-0.15, -0.1) is 0 Å². The van der Waals surface area contributed by atoms with Crippen LogP contribution >= 0.6 is 0 Å². The van der Waals surface area contributed by atoms with Crippen molar-refractivity contribution in [3.05, 3.63) is 47.7 Å². The largest absolute Gasteiger partial charge is 0.493 e. The number of hydrogen-bond donors (Lipinski definition) is 2. The maximum atomic E-state index is 12.5. The van der Waals surface area contributed by atoms with Crippen molar-refractivity contribution in [1.29, 1.82) is 0 Å². The van der Waals surface area contributed by atoms with Gasteiger partial charge in [0.2, 0.25) is 0 Å². The second kappa shape index (κ2) is 9.58. The Labute approximate surface area is 159 Å². The molecule has 0 aliphatic heterocycles. The fourth-order valence-corrected chi connectivity index (χ4v) is 2.08. The predicted octanol–water partition coefficient (Wildman–Crippen LogP) is 3.07. The number of likely N-dealkylation sites (N-methyl/N-ethyl adjacent to an activating group) is 1. The first-order valence-electron chi connectivity index (χ1n) is 8.23. The Kier molecular flexibility index (Phi) is 7.19. The molecule has 0 spiro atoms. The van der Waals surface area contributed by atoms with Crippen LogP contribution in [0.3, 0.4) is 0 Å². The molecule has 0 radical (unpaired) electrons. The molecular formula is C18H19F3N4O3. The lowest BCUT2D eigenvalue weighted by Crippen LogP contribution is -2.28. The molecule has 0 saturated heterocycles. The molecule has 2 aromatic rings. The van der Waals surface area contributed by atoms with Gasteiger partial charge >= 0.3 is 6.18 Å². The van der Waals surface area contributed by atoms with Gasteiger partial charge in [0.15, 0.2) is 18.1 Å². The van der Waals surface area contributed by atoms with Gasteiger partial charge in [0.05, 0.1) is 18.9 Å². The second-order valence-corrected chi connectivity index (χ2v) is 5.45. The number of methoxy groups -OCH3 is 1. The van der Waals surface area contributed by atoms with Crippen molar-refractivity contribution in [2.24, 2.45) is 5.10 Å². The van der Waals surface area contributed by atoms with Crippen LogP contribution in [0.25, 0.3) is 0 Å². The molecule has 0 saturated carbocycles. The molecule has 0 atom stereocenters. The van der Waals surface area contributed by atoms with E-state index in [0.29, 0.717) is 23.6 Å². The average Bonchev–Trinajstić information content (AvgIpc) is 2.66. The first-order valence-corrected chi connectivity index (χ1v) is 8.23. The van der Waals surface area contributed by atoms with E-state index in [2.05, 4.69) is 20.8 Å². The number of alkyl halides is 3. The molecule has 1 heterocycles. The molecule has 150 valence electrons. The summed E-state index contributed by atoms with van der Waals surface area (Å²) in [6.07, 6.45) is -2.27. The van der Waals surface area contributed by atoms with Crippen molar-refractivity contribution in [3.63, 3.8) is 0 Å². The third-order valence-electron chi connectivity index (χ3n) is 3.40. The van der Waals surface area contributed by atoms with Crippen LogP contribution in [0, 0.1) is 0 Å². The quantitative estimate of drug-likeness (QED) is 0.529. The van der Waals surface area contributed by atoms with Gasteiger partial charge in [-0.25, -0.2) is 4.98 Å². The minimum atomic E-state index is -4.44. The predicted molar refractivity (Wildman–Crippen MR) is 97.6 cm³/mol.